The molecule has 1 atom stereocenters. The van der Waals surface area contributed by atoms with Gasteiger partial charge in [0.1, 0.15) is 6.04 Å². The average molecular weight is 300 g/mol. The molecule has 120 valence electrons. The molecule has 7 heteroatoms. The first-order valence-corrected chi connectivity index (χ1v) is 7.33. The van der Waals surface area contributed by atoms with Crippen molar-refractivity contribution in [2.45, 2.75) is 52.0 Å². The van der Waals surface area contributed by atoms with E-state index in [-0.39, 0.29) is 5.41 Å². The van der Waals surface area contributed by atoms with Gasteiger partial charge in [0.15, 0.2) is 0 Å². The summed E-state index contributed by atoms with van der Waals surface area (Å²) in [5.41, 5.74) is 0.268. The number of carboxylic acid groups (broad SMARTS) is 2. The van der Waals surface area contributed by atoms with Gasteiger partial charge in [0.05, 0.1) is 6.42 Å². The van der Waals surface area contributed by atoms with Crippen LogP contribution in [0.4, 0.5) is 4.79 Å². The normalized spacial score (nSPS) is 18.9. The zero-order valence-corrected chi connectivity index (χ0v) is 12.6. The second kappa shape index (κ2) is 7.28. The van der Waals surface area contributed by atoms with Crippen molar-refractivity contribution in [3.8, 4) is 0 Å². The summed E-state index contributed by atoms with van der Waals surface area (Å²) >= 11 is 0. The molecule has 21 heavy (non-hydrogen) atoms. The van der Waals surface area contributed by atoms with Gasteiger partial charge < -0.3 is 20.4 Å². The highest BCUT2D eigenvalue weighted by Gasteiger charge is 2.34. The van der Waals surface area contributed by atoms with Gasteiger partial charge in [0.25, 0.3) is 0 Å². The highest BCUT2D eigenvalue weighted by atomic mass is 16.4. The van der Waals surface area contributed by atoms with Crippen LogP contribution in [0.5, 0.6) is 0 Å². The van der Waals surface area contributed by atoms with Crippen LogP contribution in [0.1, 0.15) is 46.0 Å². The third-order valence-electron chi connectivity index (χ3n) is 4.59. The molecule has 1 rings (SSSR count). The van der Waals surface area contributed by atoms with Crippen LogP contribution in [-0.2, 0) is 9.59 Å². The van der Waals surface area contributed by atoms with Gasteiger partial charge in [-0.05, 0) is 18.3 Å². The topological polar surface area (TPSA) is 107 Å². The molecule has 0 aromatic heterocycles. The lowest BCUT2D eigenvalue weighted by Crippen LogP contribution is -2.52. The number of amides is 2. The Hall–Kier alpha value is -1.79. The summed E-state index contributed by atoms with van der Waals surface area (Å²) in [4.78, 5) is 35.2. The molecule has 0 unspecified atom stereocenters. The second-order valence-corrected chi connectivity index (χ2v) is 5.63. The lowest BCUT2D eigenvalue weighted by atomic mass is 9.74. The van der Waals surface area contributed by atoms with Crippen LogP contribution >= 0.6 is 0 Å². The van der Waals surface area contributed by atoms with Crippen molar-refractivity contribution in [3.05, 3.63) is 0 Å². The van der Waals surface area contributed by atoms with Crippen LogP contribution < -0.4 is 5.32 Å². The summed E-state index contributed by atoms with van der Waals surface area (Å²) in [6.07, 6.45) is 3.29. The Morgan fingerprint density at radius 1 is 1.14 bits per heavy atom. The number of hydrogen-bond donors (Lipinski definition) is 3. The largest absolute Gasteiger partial charge is 0.481 e. The fourth-order valence-corrected chi connectivity index (χ4v) is 2.76. The molecular weight excluding hydrogens is 276 g/mol. The summed E-state index contributed by atoms with van der Waals surface area (Å²) in [7, 11) is 0. The van der Waals surface area contributed by atoms with E-state index < -0.39 is 30.4 Å². The number of carboxylic acids is 2. The molecule has 1 heterocycles. The van der Waals surface area contributed by atoms with Crippen molar-refractivity contribution in [2.75, 3.05) is 13.1 Å². The minimum Gasteiger partial charge on any atom is -0.481 e. The summed E-state index contributed by atoms with van der Waals surface area (Å²) in [6.45, 7) is 5.44. The van der Waals surface area contributed by atoms with Gasteiger partial charge in [-0.3, -0.25) is 4.79 Å². The molecule has 0 spiro atoms. The lowest BCUT2D eigenvalue weighted by Gasteiger charge is -2.41. The number of nitrogens with one attached hydrogen (secondary N) is 1. The zero-order chi connectivity index (χ0) is 16.0. The van der Waals surface area contributed by atoms with Crippen LogP contribution in [0.25, 0.3) is 0 Å². The first-order valence-electron chi connectivity index (χ1n) is 7.33. The van der Waals surface area contributed by atoms with E-state index in [4.69, 9.17) is 10.2 Å². The van der Waals surface area contributed by atoms with Gasteiger partial charge in [0.2, 0.25) is 0 Å². The molecule has 1 fully saturated rings. The number of nitrogens with zero attached hydrogens (tertiary/aromatic N) is 1. The maximum Gasteiger partial charge on any atom is 0.326 e. The third-order valence-corrected chi connectivity index (χ3v) is 4.59. The molecule has 2 amide bonds. The van der Waals surface area contributed by atoms with Crippen molar-refractivity contribution in [2.24, 2.45) is 5.41 Å². The number of urea groups is 1. The number of carbonyl (C=O) groups excluding carboxylic acids is 1. The van der Waals surface area contributed by atoms with E-state index in [1.165, 1.54) is 0 Å². The van der Waals surface area contributed by atoms with Crippen LogP contribution in [0.15, 0.2) is 0 Å². The average Bonchev–Trinajstić information content (AvgIpc) is 2.46. The number of hydrogen-bond acceptors (Lipinski definition) is 3. The standard InChI is InChI=1S/C14H24N2O5/c1-3-14(4-2)5-7-16(8-6-14)13(21)15-10(12(19)20)9-11(17)18/h10H,3-9H2,1-2H3,(H,15,21)(H,17,18)(H,19,20)/t10-/m1/s1. The fourth-order valence-electron chi connectivity index (χ4n) is 2.76. The Labute approximate surface area is 124 Å². The Morgan fingerprint density at radius 3 is 2.05 bits per heavy atom. The van der Waals surface area contributed by atoms with Crippen LogP contribution in [-0.4, -0.2) is 52.2 Å². The van der Waals surface area contributed by atoms with Crippen LogP contribution in [0.2, 0.25) is 0 Å². The predicted octanol–water partition coefficient (Wildman–Crippen LogP) is 1.53. The summed E-state index contributed by atoms with van der Waals surface area (Å²) in [5.74, 6) is -2.59. The molecular formula is C14H24N2O5. The Balaban J connectivity index is 2.57. The molecule has 1 aliphatic heterocycles. The SMILES string of the molecule is CCC1(CC)CCN(C(=O)N[C@H](CC(=O)O)C(=O)O)CC1. The first-order chi connectivity index (χ1) is 9.83. The van der Waals surface area contributed by atoms with Gasteiger partial charge >= 0.3 is 18.0 Å². The van der Waals surface area contributed by atoms with E-state index in [0.717, 1.165) is 25.7 Å². The van der Waals surface area contributed by atoms with Crippen molar-refractivity contribution in [1.29, 1.82) is 0 Å². The summed E-state index contributed by atoms with van der Waals surface area (Å²) in [6, 6.07) is -1.89. The van der Waals surface area contributed by atoms with E-state index in [0.29, 0.717) is 13.1 Å². The monoisotopic (exact) mass is 300 g/mol. The highest BCUT2D eigenvalue weighted by Crippen LogP contribution is 2.37. The minimum atomic E-state index is -1.39. The van der Waals surface area contributed by atoms with Gasteiger partial charge in [-0.2, -0.15) is 0 Å². The number of likely N-dealkylation sites (tertiary alicyclic amines) is 1. The quantitative estimate of drug-likeness (QED) is 0.689. The maximum atomic E-state index is 12.0. The molecule has 0 aliphatic carbocycles. The van der Waals surface area contributed by atoms with Crippen LogP contribution in [0.3, 0.4) is 0 Å². The molecule has 0 bridgehead atoms. The molecule has 3 N–H and O–H groups in total. The number of piperidine rings is 1. The number of carbonyl (C=O) groups is 3. The van der Waals surface area contributed by atoms with E-state index in [2.05, 4.69) is 19.2 Å². The second-order valence-electron chi connectivity index (χ2n) is 5.63. The predicted molar refractivity (Wildman–Crippen MR) is 76.0 cm³/mol. The van der Waals surface area contributed by atoms with Gasteiger partial charge in [-0.25, -0.2) is 9.59 Å². The summed E-state index contributed by atoms with van der Waals surface area (Å²) < 4.78 is 0. The third kappa shape index (κ3) is 4.61. The minimum absolute atomic E-state index is 0.268. The Bertz CT molecular complexity index is 396. The lowest BCUT2D eigenvalue weighted by molar-refractivity contribution is -0.145. The van der Waals surface area contributed by atoms with E-state index in [1.807, 2.05) is 0 Å². The molecule has 1 aliphatic rings. The number of rotatable bonds is 6. The van der Waals surface area contributed by atoms with E-state index in [9.17, 15) is 14.4 Å². The molecule has 0 radical (unpaired) electrons. The highest BCUT2D eigenvalue weighted by molar-refractivity contribution is 5.86. The van der Waals surface area contributed by atoms with Crippen molar-refractivity contribution < 1.29 is 24.6 Å². The van der Waals surface area contributed by atoms with Crippen molar-refractivity contribution >= 4 is 18.0 Å². The van der Waals surface area contributed by atoms with E-state index >= 15 is 0 Å². The Kier molecular flexibility index (Phi) is 5.99. The Morgan fingerprint density at radius 2 is 1.67 bits per heavy atom. The fraction of sp³-hybridized carbons (Fsp3) is 0.786. The first kappa shape index (κ1) is 17.3. The van der Waals surface area contributed by atoms with E-state index in [1.54, 1.807) is 4.90 Å². The molecule has 0 aromatic carbocycles. The van der Waals surface area contributed by atoms with Gasteiger partial charge in [-0.1, -0.05) is 26.7 Å². The molecule has 1 saturated heterocycles. The van der Waals surface area contributed by atoms with Gasteiger partial charge in [-0.15, -0.1) is 0 Å². The maximum absolute atomic E-state index is 12.0. The molecule has 0 aromatic rings. The molecule has 7 nitrogen and oxygen atoms in total. The van der Waals surface area contributed by atoms with Gasteiger partial charge in [0, 0.05) is 13.1 Å². The van der Waals surface area contributed by atoms with Crippen LogP contribution in [0, 0.1) is 5.41 Å². The van der Waals surface area contributed by atoms with Crippen molar-refractivity contribution in [1.82, 2.24) is 10.2 Å². The smallest absolute Gasteiger partial charge is 0.326 e. The number of aliphatic carboxylic acids is 2. The molecule has 0 saturated carbocycles. The van der Waals surface area contributed by atoms with Crippen molar-refractivity contribution in [3.63, 3.8) is 0 Å². The summed E-state index contributed by atoms with van der Waals surface area (Å²) in [5, 5.41) is 19.9. The zero-order valence-electron chi connectivity index (χ0n) is 12.6.